The van der Waals surface area contributed by atoms with E-state index in [1.54, 1.807) is 6.07 Å². The van der Waals surface area contributed by atoms with Crippen LogP contribution in [0, 0.1) is 11.7 Å². The van der Waals surface area contributed by atoms with Gasteiger partial charge in [-0.15, -0.1) is 0 Å². The molecule has 0 saturated carbocycles. The number of halogens is 1. The molecule has 0 atom stereocenters. The van der Waals surface area contributed by atoms with Gasteiger partial charge in [0.25, 0.3) is 0 Å². The number of aromatic nitrogens is 1. The van der Waals surface area contributed by atoms with Gasteiger partial charge in [-0.05, 0) is 30.7 Å². The highest BCUT2D eigenvalue weighted by atomic mass is 19.1. The van der Waals surface area contributed by atoms with Gasteiger partial charge >= 0.3 is 0 Å². The zero-order chi connectivity index (χ0) is 12.4. The fraction of sp³-hybridized carbons (Fsp3) is 0.357. The average Bonchev–Trinajstić information content (AvgIpc) is 2.67. The van der Waals surface area contributed by atoms with E-state index >= 15 is 0 Å². The predicted octanol–water partition coefficient (Wildman–Crippen LogP) is 3.46. The first kappa shape index (κ1) is 11.8. The van der Waals surface area contributed by atoms with Crippen LogP contribution in [0.25, 0.3) is 10.9 Å². The first-order chi connectivity index (χ1) is 8.06. The zero-order valence-corrected chi connectivity index (χ0v) is 10.1. The molecule has 0 aliphatic carbocycles. The fourth-order valence-electron chi connectivity index (χ4n) is 1.84. The second kappa shape index (κ2) is 4.70. The van der Waals surface area contributed by atoms with Crippen molar-refractivity contribution in [2.75, 3.05) is 0 Å². The third-order valence-corrected chi connectivity index (χ3v) is 2.92. The van der Waals surface area contributed by atoms with Gasteiger partial charge < -0.3 is 4.98 Å². The van der Waals surface area contributed by atoms with Crippen molar-refractivity contribution in [3.8, 4) is 0 Å². The summed E-state index contributed by atoms with van der Waals surface area (Å²) in [5, 5.41) is 0.858. The number of fused-ring (bicyclic) bond motifs is 1. The molecule has 0 aliphatic rings. The molecule has 0 radical (unpaired) electrons. The second-order valence-electron chi connectivity index (χ2n) is 4.65. The van der Waals surface area contributed by atoms with Gasteiger partial charge in [-0.3, -0.25) is 4.79 Å². The highest BCUT2D eigenvalue weighted by Crippen LogP contribution is 2.18. The second-order valence-corrected chi connectivity index (χ2v) is 4.65. The number of hydrogen-bond donors (Lipinski definition) is 1. The van der Waals surface area contributed by atoms with E-state index in [9.17, 15) is 9.18 Å². The molecule has 0 spiro atoms. The van der Waals surface area contributed by atoms with E-state index in [2.05, 4.69) is 4.98 Å². The predicted molar refractivity (Wildman–Crippen MR) is 66.4 cm³/mol. The van der Waals surface area contributed by atoms with Gasteiger partial charge in [-0.2, -0.15) is 0 Å². The Hall–Kier alpha value is -1.64. The minimum Gasteiger partial charge on any atom is -0.358 e. The molecule has 2 nitrogen and oxygen atoms in total. The number of aromatic amines is 1. The summed E-state index contributed by atoms with van der Waals surface area (Å²) in [5.41, 5.74) is 1.90. The van der Waals surface area contributed by atoms with E-state index in [-0.39, 0.29) is 17.5 Å². The zero-order valence-electron chi connectivity index (χ0n) is 10.1. The average molecular weight is 233 g/mol. The maximum absolute atomic E-state index is 13.0. The third kappa shape index (κ3) is 2.73. The summed E-state index contributed by atoms with van der Waals surface area (Å²) < 4.78 is 13.0. The highest BCUT2D eigenvalue weighted by molar-refractivity contribution is 5.82. The number of nitrogens with one attached hydrogen (secondary N) is 1. The molecule has 2 rings (SSSR count). The van der Waals surface area contributed by atoms with Gasteiger partial charge in [0.15, 0.2) is 0 Å². The van der Waals surface area contributed by atoms with Crippen molar-refractivity contribution in [1.82, 2.24) is 4.98 Å². The molecule has 1 N–H and O–H groups in total. The largest absolute Gasteiger partial charge is 0.358 e. The molecule has 2 aromatic rings. The van der Waals surface area contributed by atoms with Crippen LogP contribution >= 0.6 is 0 Å². The Bertz CT molecular complexity index is 542. The van der Waals surface area contributed by atoms with E-state index in [1.165, 1.54) is 12.1 Å². The molecule has 1 heterocycles. The number of rotatable bonds is 4. The van der Waals surface area contributed by atoms with Crippen LogP contribution in [0.1, 0.15) is 26.0 Å². The molecule has 0 bridgehead atoms. The van der Waals surface area contributed by atoms with Gasteiger partial charge in [0, 0.05) is 28.9 Å². The molecule has 0 aliphatic heterocycles. The van der Waals surface area contributed by atoms with Crippen LogP contribution in [0.2, 0.25) is 0 Å². The first-order valence-electron chi connectivity index (χ1n) is 5.86. The van der Waals surface area contributed by atoms with E-state index in [0.717, 1.165) is 16.6 Å². The molecule has 0 saturated heterocycles. The van der Waals surface area contributed by atoms with Crippen molar-refractivity contribution >= 4 is 16.7 Å². The molecule has 3 heteroatoms. The van der Waals surface area contributed by atoms with Crippen molar-refractivity contribution in [2.24, 2.45) is 5.92 Å². The summed E-state index contributed by atoms with van der Waals surface area (Å²) >= 11 is 0. The Kier molecular flexibility index (Phi) is 3.27. The summed E-state index contributed by atoms with van der Waals surface area (Å²) in [7, 11) is 0. The van der Waals surface area contributed by atoms with Crippen LogP contribution in [0.15, 0.2) is 24.3 Å². The Morgan fingerprint density at radius 3 is 2.82 bits per heavy atom. The number of carbonyl (C=O) groups excluding carboxylic acids is 1. The molecular formula is C14H16FNO. The smallest absolute Gasteiger partial charge is 0.135 e. The van der Waals surface area contributed by atoms with Crippen molar-refractivity contribution in [2.45, 2.75) is 26.7 Å². The number of H-pyrrole nitrogens is 1. The maximum Gasteiger partial charge on any atom is 0.135 e. The van der Waals surface area contributed by atoms with Crippen LogP contribution in [0.5, 0.6) is 0 Å². The Morgan fingerprint density at radius 2 is 2.12 bits per heavy atom. The molecule has 1 aromatic carbocycles. The lowest BCUT2D eigenvalue weighted by Crippen LogP contribution is -2.07. The number of hydrogen-bond acceptors (Lipinski definition) is 1. The van der Waals surface area contributed by atoms with Crippen molar-refractivity contribution in [3.63, 3.8) is 0 Å². The first-order valence-corrected chi connectivity index (χ1v) is 5.86. The quantitative estimate of drug-likeness (QED) is 0.861. The Labute approximate surface area is 99.8 Å². The highest BCUT2D eigenvalue weighted by Gasteiger charge is 2.08. The molecule has 17 heavy (non-hydrogen) atoms. The molecular weight excluding hydrogens is 217 g/mol. The van der Waals surface area contributed by atoms with Crippen LogP contribution in [0.4, 0.5) is 4.39 Å². The lowest BCUT2D eigenvalue weighted by molar-refractivity contribution is -0.121. The van der Waals surface area contributed by atoms with Gasteiger partial charge in [0.2, 0.25) is 0 Å². The van der Waals surface area contributed by atoms with Gasteiger partial charge in [0.05, 0.1) is 0 Å². The number of Topliss-reactive ketones (excluding diaryl/α,β-unsaturated/α-hetero) is 1. The van der Waals surface area contributed by atoms with E-state index in [0.29, 0.717) is 12.8 Å². The minimum absolute atomic E-state index is 0.0804. The number of carbonyl (C=O) groups is 1. The monoisotopic (exact) mass is 233 g/mol. The lowest BCUT2D eigenvalue weighted by atomic mass is 10.0. The molecule has 0 unspecified atom stereocenters. The summed E-state index contributed by atoms with van der Waals surface area (Å²) in [6.45, 7) is 3.81. The summed E-state index contributed by atoms with van der Waals surface area (Å²) in [6.07, 6.45) is 1.22. The standard InChI is InChI=1S/C14H16FNO/c1-9(2)14(17)6-4-12-8-10-7-11(15)3-5-13(10)16-12/h3,5,7-9,16H,4,6H2,1-2H3. The summed E-state index contributed by atoms with van der Waals surface area (Å²) in [6, 6.07) is 6.56. The van der Waals surface area contributed by atoms with Crippen molar-refractivity contribution in [3.05, 3.63) is 35.8 Å². The summed E-state index contributed by atoms with van der Waals surface area (Å²) in [5.74, 6) is 0.105. The van der Waals surface area contributed by atoms with Crippen LogP contribution < -0.4 is 0 Å². The SMILES string of the molecule is CC(C)C(=O)CCc1cc2cc(F)ccc2[nH]1. The summed E-state index contributed by atoms with van der Waals surface area (Å²) in [4.78, 5) is 14.7. The van der Waals surface area contributed by atoms with Gasteiger partial charge in [-0.25, -0.2) is 4.39 Å². The van der Waals surface area contributed by atoms with E-state index in [1.807, 2.05) is 19.9 Å². The Morgan fingerprint density at radius 1 is 1.35 bits per heavy atom. The number of aryl methyl sites for hydroxylation is 1. The van der Waals surface area contributed by atoms with Crippen LogP contribution in [0.3, 0.4) is 0 Å². The van der Waals surface area contributed by atoms with E-state index < -0.39 is 0 Å². The molecule has 0 fully saturated rings. The molecule has 0 amide bonds. The normalized spacial score (nSPS) is 11.3. The van der Waals surface area contributed by atoms with Gasteiger partial charge in [0.1, 0.15) is 11.6 Å². The van der Waals surface area contributed by atoms with Crippen molar-refractivity contribution in [1.29, 1.82) is 0 Å². The number of benzene rings is 1. The molecule has 90 valence electrons. The van der Waals surface area contributed by atoms with Gasteiger partial charge in [-0.1, -0.05) is 13.8 Å². The minimum atomic E-state index is -0.235. The maximum atomic E-state index is 13.0. The third-order valence-electron chi connectivity index (χ3n) is 2.92. The van der Waals surface area contributed by atoms with E-state index in [4.69, 9.17) is 0 Å². The molecule has 1 aromatic heterocycles. The number of ketones is 1. The van der Waals surface area contributed by atoms with Crippen LogP contribution in [-0.4, -0.2) is 10.8 Å². The van der Waals surface area contributed by atoms with Crippen LogP contribution in [-0.2, 0) is 11.2 Å². The fourth-order valence-corrected chi connectivity index (χ4v) is 1.84. The van der Waals surface area contributed by atoms with Crippen molar-refractivity contribution < 1.29 is 9.18 Å². The Balaban J connectivity index is 2.12. The lowest BCUT2D eigenvalue weighted by Gasteiger charge is -2.01. The topological polar surface area (TPSA) is 32.9 Å².